The second kappa shape index (κ2) is 14.0. The standard InChI is InChI=1S/C23H28F14N2O4/c1-2-12-43-15(40)14(38-16(41)18(24,25)20(28,29)22(32,33)34)10-6-7-11-39(13-8-4-3-5-9-13)17(42)19(26,27)21(30,31)23(35,36)37/h13-14H,2-12H2,1H3,(H,38,41)/t14-/m1/s1. The Hall–Kier alpha value is -2.57. The van der Waals surface area contributed by atoms with E-state index in [-0.39, 0.29) is 24.2 Å². The highest BCUT2D eigenvalue weighted by molar-refractivity contribution is 5.89. The van der Waals surface area contributed by atoms with Gasteiger partial charge in [0.25, 0.3) is 11.8 Å². The molecule has 252 valence electrons. The SMILES string of the molecule is CCCOC(=O)[C@@H](CCCCN(C(=O)C(F)(F)C(F)(F)C(F)(F)F)C1CCCCC1)NC(=O)C(F)(F)C(F)(F)C(F)(F)F. The van der Waals surface area contributed by atoms with Gasteiger partial charge in [0, 0.05) is 12.6 Å². The molecule has 0 bridgehead atoms. The molecule has 0 unspecified atom stereocenters. The third kappa shape index (κ3) is 8.54. The molecule has 0 aliphatic heterocycles. The van der Waals surface area contributed by atoms with E-state index in [9.17, 15) is 75.8 Å². The molecule has 0 aromatic heterocycles. The molecule has 1 atom stereocenters. The van der Waals surface area contributed by atoms with E-state index in [0.717, 1.165) is 5.32 Å². The number of unbranched alkanes of at least 4 members (excludes halogenated alkanes) is 1. The monoisotopic (exact) mass is 662 g/mol. The van der Waals surface area contributed by atoms with Crippen LogP contribution in [0.1, 0.15) is 64.7 Å². The van der Waals surface area contributed by atoms with Gasteiger partial charge in [0.15, 0.2) is 0 Å². The van der Waals surface area contributed by atoms with Crippen molar-refractivity contribution < 1.29 is 80.6 Å². The summed E-state index contributed by atoms with van der Waals surface area (Å²) in [4.78, 5) is 36.4. The Morgan fingerprint density at radius 1 is 0.767 bits per heavy atom. The highest BCUT2D eigenvalue weighted by Crippen LogP contribution is 2.48. The summed E-state index contributed by atoms with van der Waals surface area (Å²) in [6.07, 6.45) is -14.6. The summed E-state index contributed by atoms with van der Waals surface area (Å²) >= 11 is 0. The summed E-state index contributed by atoms with van der Waals surface area (Å²) in [5, 5.41) is 1.01. The van der Waals surface area contributed by atoms with Crippen LogP contribution in [0.3, 0.4) is 0 Å². The van der Waals surface area contributed by atoms with E-state index in [4.69, 9.17) is 0 Å². The molecule has 1 rings (SSSR count). The number of esters is 1. The summed E-state index contributed by atoms with van der Waals surface area (Å²) in [5.41, 5.74) is 0. The Morgan fingerprint density at radius 3 is 1.72 bits per heavy atom. The maximum atomic E-state index is 14.2. The van der Waals surface area contributed by atoms with Crippen LogP contribution >= 0.6 is 0 Å². The third-order valence-electron chi connectivity index (χ3n) is 6.51. The smallest absolute Gasteiger partial charge is 0.460 e. The van der Waals surface area contributed by atoms with E-state index < -0.39 is 98.3 Å². The number of alkyl halides is 14. The van der Waals surface area contributed by atoms with Crippen molar-refractivity contribution in [3.63, 3.8) is 0 Å². The predicted octanol–water partition coefficient (Wildman–Crippen LogP) is 6.42. The van der Waals surface area contributed by atoms with Gasteiger partial charge in [-0.3, -0.25) is 9.59 Å². The molecule has 2 amide bonds. The minimum atomic E-state index is -6.88. The highest BCUT2D eigenvalue weighted by Gasteiger charge is 2.77. The Morgan fingerprint density at radius 2 is 1.26 bits per heavy atom. The van der Waals surface area contributed by atoms with Gasteiger partial charge in [-0.1, -0.05) is 26.2 Å². The first-order valence-electron chi connectivity index (χ1n) is 12.8. The van der Waals surface area contributed by atoms with Crippen molar-refractivity contribution in [2.24, 2.45) is 0 Å². The normalized spacial score (nSPS) is 16.9. The summed E-state index contributed by atoms with van der Waals surface area (Å²) in [5.74, 6) is -33.9. The van der Waals surface area contributed by atoms with Gasteiger partial charge in [-0.15, -0.1) is 0 Å². The molecular formula is C23H28F14N2O4. The van der Waals surface area contributed by atoms with E-state index in [1.165, 1.54) is 6.92 Å². The van der Waals surface area contributed by atoms with Gasteiger partial charge in [-0.25, -0.2) is 4.79 Å². The Labute approximate surface area is 235 Å². The number of nitrogens with zero attached hydrogens (tertiary/aromatic N) is 1. The minimum absolute atomic E-state index is 0.0517. The summed E-state index contributed by atoms with van der Waals surface area (Å²) < 4.78 is 189. The lowest BCUT2D eigenvalue weighted by molar-refractivity contribution is -0.346. The molecule has 43 heavy (non-hydrogen) atoms. The molecule has 20 heteroatoms. The molecule has 1 aliphatic carbocycles. The molecule has 0 spiro atoms. The molecule has 1 fully saturated rings. The fourth-order valence-corrected chi connectivity index (χ4v) is 4.09. The van der Waals surface area contributed by atoms with Crippen molar-refractivity contribution in [1.82, 2.24) is 10.2 Å². The molecule has 1 aliphatic rings. The van der Waals surface area contributed by atoms with Crippen LogP contribution in [0, 0.1) is 0 Å². The third-order valence-corrected chi connectivity index (χ3v) is 6.51. The van der Waals surface area contributed by atoms with Crippen molar-refractivity contribution in [1.29, 1.82) is 0 Å². The lowest BCUT2D eigenvalue weighted by Gasteiger charge is -2.38. The quantitative estimate of drug-likeness (QED) is 0.132. The topological polar surface area (TPSA) is 75.7 Å². The second-order valence-electron chi connectivity index (χ2n) is 9.77. The first kappa shape index (κ1) is 38.5. The molecular weight excluding hydrogens is 634 g/mol. The van der Waals surface area contributed by atoms with Gasteiger partial charge >= 0.3 is 42.0 Å². The van der Waals surface area contributed by atoms with Gasteiger partial charge < -0.3 is 15.0 Å². The largest absolute Gasteiger partial charge is 0.464 e. The number of carbonyl (C=O) groups is 3. The number of hydrogen-bond donors (Lipinski definition) is 1. The number of carbonyl (C=O) groups excluding carboxylic acids is 3. The summed E-state index contributed by atoms with van der Waals surface area (Å²) in [7, 11) is 0. The van der Waals surface area contributed by atoms with Gasteiger partial charge in [-0.2, -0.15) is 61.5 Å². The van der Waals surface area contributed by atoms with Crippen LogP contribution in [0.2, 0.25) is 0 Å². The molecule has 6 nitrogen and oxygen atoms in total. The fraction of sp³-hybridized carbons (Fsp3) is 0.870. The van der Waals surface area contributed by atoms with Crippen molar-refractivity contribution in [3.8, 4) is 0 Å². The van der Waals surface area contributed by atoms with E-state index in [2.05, 4.69) is 4.74 Å². The van der Waals surface area contributed by atoms with Gasteiger partial charge in [-0.05, 0) is 38.5 Å². The Balaban J connectivity index is 3.14. The molecule has 1 N–H and O–H groups in total. The van der Waals surface area contributed by atoms with Crippen LogP contribution in [-0.2, 0) is 19.1 Å². The van der Waals surface area contributed by atoms with Crippen molar-refractivity contribution in [2.45, 2.75) is 113 Å². The number of amides is 2. The first-order valence-corrected chi connectivity index (χ1v) is 12.8. The van der Waals surface area contributed by atoms with Gasteiger partial charge in [0.05, 0.1) is 6.61 Å². The van der Waals surface area contributed by atoms with Gasteiger partial charge in [0.1, 0.15) is 6.04 Å². The number of rotatable bonds is 14. The fourth-order valence-electron chi connectivity index (χ4n) is 4.09. The Bertz CT molecular complexity index is 963. The maximum Gasteiger partial charge on any atom is 0.460 e. The van der Waals surface area contributed by atoms with Crippen molar-refractivity contribution in [2.75, 3.05) is 13.2 Å². The van der Waals surface area contributed by atoms with Crippen molar-refractivity contribution in [3.05, 3.63) is 0 Å². The lowest BCUT2D eigenvalue weighted by atomic mass is 9.93. The Kier molecular flexibility index (Phi) is 12.5. The second-order valence-corrected chi connectivity index (χ2v) is 9.77. The van der Waals surface area contributed by atoms with Crippen LogP contribution in [-0.4, -0.2) is 84.0 Å². The van der Waals surface area contributed by atoms with Crippen LogP contribution in [0.4, 0.5) is 61.5 Å². The zero-order chi connectivity index (χ0) is 33.7. The van der Waals surface area contributed by atoms with Crippen LogP contribution in [0.25, 0.3) is 0 Å². The number of halogens is 14. The lowest BCUT2D eigenvalue weighted by Crippen LogP contribution is -2.61. The van der Waals surface area contributed by atoms with Crippen molar-refractivity contribution >= 4 is 17.8 Å². The zero-order valence-electron chi connectivity index (χ0n) is 22.3. The van der Waals surface area contributed by atoms with E-state index in [1.807, 2.05) is 0 Å². The molecule has 0 heterocycles. The molecule has 1 saturated carbocycles. The molecule has 0 saturated heterocycles. The number of hydrogen-bond acceptors (Lipinski definition) is 4. The van der Waals surface area contributed by atoms with Gasteiger partial charge in [0.2, 0.25) is 0 Å². The predicted molar refractivity (Wildman–Crippen MR) is 118 cm³/mol. The van der Waals surface area contributed by atoms with Crippen LogP contribution < -0.4 is 5.32 Å². The summed E-state index contributed by atoms with van der Waals surface area (Å²) in [6.45, 7) is 0.0840. The minimum Gasteiger partial charge on any atom is -0.464 e. The van der Waals surface area contributed by atoms with E-state index >= 15 is 0 Å². The average molecular weight is 662 g/mol. The van der Waals surface area contributed by atoms with E-state index in [0.29, 0.717) is 19.3 Å². The molecule has 0 aromatic rings. The first-order chi connectivity index (χ1) is 19.4. The zero-order valence-corrected chi connectivity index (χ0v) is 22.3. The number of nitrogens with one attached hydrogen (secondary N) is 1. The van der Waals surface area contributed by atoms with Crippen LogP contribution in [0.5, 0.6) is 0 Å². The maximum absolute atomic E-state index is 14.2. The molecule has 0 aromatic carbocycles. The summed E-state index contributed by atoms with van der Waals surface area (Å²) in [6, 6.07) is -3.51. The number of ether oxygens (including phenoxy) is 1. The average Bonchev–Trinajstić information content (AvgIpc) is 2.89. The molecule has 0 radical (unpaired) electrons. The highest BCUT2D eigenvalue weighted by atomic mass is 19.4. The van der Waals surface area contributed by atoms with Crippen LogP contribution in [0.15, 0.2) is 0 Å². The van der Waals surface area contributed by atoms with E-state index in [1.54, 1.807) is 0 Å².